The minimum absolute atomic E-state index is 0.853. The van der Waals surface area contributed by atoms with Crippen molar-refractivity contribution in [3.63, 3.8) is 0 Å². The Hall–Kier alpha value is -1.38. The van der Waals surface area contributed by atoms with Crippen LogP contribution in [0.15, 0.2) is 18.0 Å². The van der Waals surface area contributed by atoms with E-state index in [9.17, 15) is 0 Å². The molecule has 16 heavy (non-hydrogen) atoms. The Morgan fingerprint density at radius 2 is 2.12 bits per heavy atom. The Labute approximate surface area is 97.0 Å². The summed E-state index contributed by atoms with van der Waals surface area (Å²) in [6.07, 6.45) is 8.60. The summed E-state index contributed by atoms with van der Waals surface area (Å²) in [6.45, 7) is 5.07. The third-order valence-corrected chi connectivity index (χ3v) is 2.90. The monoisotopic (exact) mass is 217 g/mol. The van der Waals surface area contributed by atoms with Gasteiger partial charge in [0.25, 0.3) is 0 Å². The molecule has 2 rings (SSSR count). The van der Waals surface area contributed by atoms with Gasteiger partial charge < -0.3 is 5.32 Å². The van der Waals surface area contributed by atoms with Gasteiger partial charge in [0.05, 0.1) is 0 Å². The van der Waals surface area contributed by atoms with Crippen molar-refractivity contribution in [3.05, 3.63) is 29.2 Å². The summed E-state index contributed by atoms with van der Waals surface area (Å²) in [5.41, 5.74) is 3.90. The zero-order chi connectivity index (χ0) is 11.4. The summed E-state index contributed by atoms with van der Waals surface area (Å²) in [5.74, 6) is 1.03. The van der Waals surface area contributed by atoms with E-state index >= 15 is 0 Å². The molecule has 0 saturated carbocycles. The highest BCUT2D eigenvalue weighted by atomic mass is 15.0. The molecule has 1 aliphatic rings. The van der Waals surface area contributed by atoms with Crippen molar-refractivity contribution >= 4 is 5.82 Å². The molecule has 0 aromatic carbocycles. The molecule has 0 fully saturated rings. The van der Waals surface area contributed by atoms with Crippen LogP contribution >= 0.6 is 0 Å². The SMILES string of the molecule is CC(C)=CCNc1ncnc2c1CCCC2. The van der Waals surface area contributed by atoms with Crippen LogP contribution < -0.4 is 5.32 Å². The van der Waals surface area contributed by atoms with Crippen LogP contribution in [0, 0.1) is 0 Å². The lowest BCUT2D eigenvalue weighted by atomic mass is 9.96. The van der Waals surface area contributed by atoms with E-state index in [2.05, 4.69) is 35.2 Å². The predicted molar refractivity (Wildman–Crippen MR) is 66.6 cm³/mol. The number of fused-ring (bicyclic) bond motifs is 1. The Kier molecular flexibility index (Phi) is 3.54. The van der Waals surface area contributed by atoms with Gasteiger partial charge in [-0.15, -0.1) is 0 Å². The molecule has 0 saturated heterocycles. The van der Waals surface area contributed by atoms with Crippen LogP contribution in [0.1, 0.15) is 37.9 Å². The number of rotatable bonds is 3. The van der Waals surface area contributed by atoms with Crippen LogP contribution in [-0.4, -0.2) is 16.5 Å². The topological polar surface area (TPSA) is 37.8 Å². The minimum atomic E-state index is 0.853. The van der Waals surface area contributed by atoms with E-state index in [1.807, 2.05) is 0 Å². The van der Waals surface area contributed by atoms with Gasteiger partial charge in [0.1, 0.15) is 12.1 Å². The van der Waals surface area contributed by atoms with Crippen LogP contribution in [0.2, 0.25) is 0 Å². The van der Waals surface area contributed by atoms with E-state index in [0.717, 1.165) is 25.2 Å². The second kappa shape index (κ2) is 5.10. The van der Waals surface area contributed by atoms with Gasteiger partial charge in [0, 0.05) is 17.8 Å². The standard InChI is InChI=1S/C13H19N3/c1-10(2)7-8-14-13-11-5-3-4-6-12(11)15-9-16-13/h7,9H,3-6,8H2,1-2H3,(H,14,15,16). The Morgan fingerprint density at radius 3 is 2.94 bits per heavy atom. The van der Waals surface area contributed by atoms with Crippen molar-refractivity contribution in [1.29, 1.82) is 0 Å². The molecule has 3 nitrogen and oxygen atoms in total. The Morgan fingerprint density at radius 1 is 1.31 bits per heavy atom. The molecule has 86 valence electrons. The normalized spacial score (nSPS) is 14.1. The molecule has 1 aromatic rings. The number of nitrogens with one attached hydrogen (secondary N) is 1. The molecule has 0 unspecified atom stereocenters. The summed E-state index contributed by atoms with van der Waals surface area (Å²) in [5, 5.41) is 3.38. The fraction of sp³-hybridized carbons (Fsp3) is 0.538. The molecule has 1 aliphatic carbocycles. The first-order valence-electron chi connectivity index (χ1n) is 5.97. The summed E-state index contributed by atoms with van der Waals surface area (Å²) < 4.78 is 0. The molecule has 0 aliphatic heterocycles. The predicted octanol–water partition coefficient (Wildman–Crippen LogP) is 2.73. The summed E-state index contributed by atoms with van der Waals surface area (Å²) in [6, 6.07) is 0. The van der Waals surface area contributed by atoms with E-state index in [-0.39, 0.29) is 0 Å². The second-order valence-electron chi connectivity index (χ2n) is 4.52. The smallest absolute Gasteiger partial charge is 0.133 e. The van der Waals surface area contributed by atoms with Crippen molar-refractivity contribution in [2.24, 2.45) is 0 Å². The van der Waals surface area contributed by atoms with Gasteiger partial charge in [0.15, 0.2) is 0 Å². The second-order valence-corrected chi connectivity index (χ2v) is 4.52. The van der Waals surface area contributed by atoms with Gasteiger partial charge >= 0.3 is 0 Å². The van der Waals surface area contributed by atoms with Gasteiger partial charge in [0.2, 0.25) is 0 Å². The summed E-state index contributed by atoms with van der Waals surface area (Å²) >= 11 is 0. The molecule has 0 amide bonds. The van der Waals surface area contributed by atoms with Crippen molar-refractivity contribution in [2.45, 2.75) is 39.5 Å². The zero-order valence-electron chi connectivity index (χ0n) is 10.1. The summed E-state index contributed by atoms with van der Waals surface area (Å²) in [4.78, 5) is 8.69. The molecular formula is C13H19N3. The van der Waals surface area contributed by atoms with Crippen molar-refractivity contribution in [2.75, 3.05) is 11.9 Å². The first-order chi connectivity index (χ1) is 7.77. The number of hydrogen-bond donors (Lipinski definition) is 1. The van der Waals surface area contributed by atoms with Crippen molar-refractivity contribution in [1.82, 2.24) is 9.97 Å². The highest BCUT2D eigenvalue weighted by Gasteiger charge is 2.14. The lowest BCUT2D eigenvalue weighted by Gasteiger charge is -2.17. The highest BCUT2D eigenvalue weighted by Crippen LogP contribution is 2.24. The van der Waals surface area contributed by atoms with Crippen molar-refractivity contribution < 1.29 is 0 Å². The maximum atomic E-state index is 4.36. The van der Waals surface area contributed by atoms with Gasteiger partial charge in [-0.25, -0.2) is 9.97 Å². The number of allylic oxidation sites excluding steroid dienone is 1. The molecule has 0 radical (unpaired) electrons. The minimum Gasteiger partial charge on any atom is -0.366 e. The van der Waals surface area contributed by atoms with Crippen LogP contribution in [0.25, 0.3) is 0 Å². The molecule has 0 bridgehead atoms. The first kappa shape index (κ1) is 11.1. The van der Waals surface area contributed by atoms with E-state index in [0.29, 0.717) is 0 Å². The van der Waals surface area contributed by atoms with Gasteiger partial charge in [-0.05, 0) is 39.5 Å². The highest BCUT2D eigenvalue weighted by molar-refractivity contribution is 5.47. The Bertz CT molecular complexity index is 392. The Balaban J connectivity index is 2.11. The lowest BCUT2D eigenvalue weighted by molar-refractivity contribution is 0.663. The third-order valence-electron chi connectivity index (χ3n) is 2.90. The molecular weight excluding hydrogens is 198 g/mol. The van der Waals surface area contributed by atoms with Crippen LogP contribution in [-0.2, 0) is 12.8 Å². The van der Waals surface area contributed by atoms with E-state index in [1.54, 1.807) is 6.33 Å². The van der Waals surface area contributed by atoms with E-state index in [1.165, 1.54) is 29.7 Å². The van der Waals surface area contributed by atoms with E-state index in [4.69, 9.17) is 0 Å². The van der Waals surface area contributed by atoms with Crippen LogP contribution in [0.5, 0.6) is 0 Å². The lowest BCUT2D eigenvalue weighted by Crippen LogP contribution is -2.12. The van der Waals surface area contributed by atoms with Gasteiger partial charge in [-0.1, -0.05) is 11.6 Å². The largest absolute Gasteiger partial charge is 0.366 e. The van der Waals surface area contributed by atoms with Gasteiger partial charge in [-0.2, -0.15) is 0 Å². The van der Waals surface area contributed by atoms with Gasteiger partial charge in [-0.3, -0.25) is 0 Å². The molecule has 0 atom stereocenters. The number of nitrogens with zero attached hydrogens (tertiary/aromatic N) is 2. The third kappa shape index (κ3) is 2.60. The average molecular weight is 217 g/mol. The average Bonchev–Trinajstić information content (AvgIpc) is 2.29. The van der Waals surface area contributed by atoms with E-state index < -0.39 is 0 Å². The molecule has 1 heterocycles. The molecule has 3 heteroatoms. The molecule has 1 N–H and O–H groups in total. The quantitative estimate of drug-likeness (QED) is 0.791. The first-order valence-corrected chi connectivity index (χ1v) is 5.97. The van der Waals surface area contributed by atoms with Crippen LogP contribution in [0.4, 0.5) is 5.82 Å². The number of hydrogen-bond acceptors (Lipinski definition) is 3. The molecule has 0 spiro atoms. The number of aryl methyl sites for hydroxylation is 1. The zero-order valence-corrected chi connectivity index (χ0v) is 10.1. The fourth-order valence-corrected chi connectivity index (χ4v) is 2.03. The maximum absolute atomic E-state index is 4.36. The molecule has 1 aromatic heterocycles. The summed E-state index contributed by atoms with van der Waals surface area (Å²) in [7, 11) is 0. The van der Waals surface area contributed by atoms with Crippen molar-refractivity contribution in [3.8, 4) is 0 Å². The number of aromatic nitrogens is 2. The van der Waals surface area contributed by atoms with Crippen LogP contribution in [0.3, 0.4) is 0 Å². The number of anilines is 1. The maximum Gasteiger partial charge on any atom is 0.133 e. The fourth-order valence-electron chi connectivity index (χ4n) is 2.03.